The first-order valence-electron chi connectivity index (χ1n) is 7.89. The van der Waals surface area contributed by atoms with Gasteiger partial charge in [-0.25, -0.2) is 0 Å². The molecule has 0 aromatic carbocycles. The topological polar surface area (TPSA) is 56.9 Å². The molecule has 1 aromatic heterocycles. The van der Waals surface area contributed by atoms with Crippen molar-refractivity contribution in [2.24, 2.45) is 0 Å². The standard InChI is InChI=1S/C16H23F3N2O3/c1-15(2,23)13-6-3-7-20(13)10-14(22)21(11-16(17,18)19)9-12-5-4-8-24-12/h4-5,8,13,23H,3,6-7,9-11H2,1-2H3. The van der Waals surface area contributed by atoms with E-state index in [1.807, 2.05) is 0 Å². The van der Waals surface area contributed by atoms with Crippen molar-refractivity contribution in [3.63, 3.8) is 0 Å². The maximum atomic E-state index is 12.8. The summed E-state index contributed by atoms with van der Waals surface area (Å²) < 4.78 is 43.4. The summed E-state index contributed by atoms with van der Waals surface area (Å²) in [6, 6.07) is 2.86. The Hall–Kier alpha value is -1.54. The van der Waals surface area contributed by atoms with Crippen molar-refractivity contribution < 1.29 is 27.5 Å². The summed E-state index contributed by atoms with van der Waals surface area (Å²) in [5.74, 6) is -0.326. The summed E-state index contributed by atoms with van der Waals surface area (Å²) >= 11 is 0. The highest BCUT2D eigenvalue weighted by atomic mass is 19.4. The van der Waals surface area contributed by atoms with Crippen LogP contribution in [0.2, 0.25) is 0 Å². The molecule has 1 amide bonds. The average Bonchev–Trinajstić information content (AvgIpc) is 3.06. The summed E-state index contributed by atoms with van der Waals surface area (Å²) in [4.78, 5) is 14.9. The number of likely N-dealkylation sites (tertiary alicyclic amines) is 1. The largest absolute Gasteiger partial charge is 0.467 e. The van der Waals surface area contributed by atoms with Gasteiger partial charge in [-0.15, -0.1) is 0 Å². The van der Waals surface area contributed by atoms with Gasteiger partial charge < -0.3 is 14.4 Å². The lowest BCUT2D eigenvalue weighted by molar-refractivity contribution is -0.164. The van der Waals surface area contributed by atoms with Crippen LogP contribution in [0, 0.1) is 0 Å². The van der Waals surface area contributed by atoms with Gasteiger partial charge in [0.1, 0.15) is 12.3 Å². The lowest BCUT2D eigenvalue weighted by Crippen LogP contribution is -2.50. The Balaban J connectivity index is 2.06. The van der Waals surface area contributed by atoms with Gasteiger partial charge in [0.2, 0.25) is 5.91 Å². The number of amides is 1. The smallest absolute Gasteiger partial charge is 0.406 e. The van der Waals surface area contributed by atoms with Crippen LogP contribution in [0.4, 0.5) is 13.2 Å². The van der Waals surface area contributed by atoms with Crippen LogP contribution < -0.4 is 0 Å². The van der Waals surface area contributed by atoms with Gasteiger partial charge in [-0.05, 0) is 45.4 Å². The Morgan fingerprint density at radius 2 is 2.17 bits per heavy atom. The summed E-state index contributed by atoms with van der Waals surface area (Å²) in [6.45, 7) is 2.18. The minimum absolute atomic E-state index is 0.147. The van der Waals surface area contributed by atoms with Crippen molar-refractivity contribution in [1.82, 2.24) is 9.80 Å². The molecular formula is C16H23F3N2O3. The molecular weight excluding hydrogens is 325 g/mol. The van der Waals surface area contributed by atoms with E-state index in [9.17, 15) is 23.1 Å². The molecule has 2 rings (SSSR count). The molecule has 1 N–H and O–H groups in total. The zero-order valence-electron chi connectivity index (χ0n) is 13.8. The maximum absolute atomic E-state index is 12.8. The highest BCUT2D eigenvalue weighted by molar-refractivity contribution is 5.78. The van der Waals surface area contributed by atoms with E-state index in [0.29, 0.717) is 18.7 Å². The lowest BCUT2D eigenvalue weighted by atomic mass is 9.97. The summed E-state index contributed by atoms with van der Waals surface area (Å²) in [6.07, 6.45) is -1.60. The second-order valence-corrected chi connectivity index (χ2v) is 6.73. The molecule has 136 valence electrons. The number of nitrogens with zero attached hydrogens (tertiary/aromatic N) is 2. The highest BCUT2D eigenvalue weighted by Crippen LogP contribution is 2.27. The molecule has 1 aliphatic rings. The van der Waals surface area contributed by atoms with Crippen LogP contribution in [0.25, 0.3) is 0 Å². The fraction of sp³-hybridized carbons (Fsp3) is 0.688. The molecule has 2 heterocycles. The number of halogens is 3. The van der Waals surface area contributed by atoms with Crippen molar-refractivity contribution in [3.05, 3.63) is 24.2 Å². The maximum Gasteiger partial charge on any atom is 0.406 e. The Labute approximate surface area is 139 Å². The highest BCUT2D eigenvalue weighted by Gasteiger charge is 2.39. The van der Waals surface area contributed by atoms with Crippen LogP contribution in [0.15, 0.2) is 22.8 Å². The number of hydrogen-bond acceptors (Lipinski definition) is 4. The molecule has 5 nitrogen and oxygen atoms in total. The first-order chi connectivity index (χ1) is 11.1. The van der Waals surface area contributed by atoms with Gasteiger partial charge in [-0.1, -0.05) is 0 Å². The van der Waals surface area contributed by atoms with Gasteiger partial charge in [0.15, 0.2) is 0 Å². The van der Waals surface area contributed by atoms with Crippen molar-refractivity contribution in [2.75, 3.05) is 19.6 Å². The van der Waals surface area contributed by atoms with E-state index in [2.05, 4.69) is 0 Å². The first kappa shape index (κ1) is 18.8. The average molecular weight is 348 g/mol. The lowest BCUT2D eigenvalue weighted by Gasteiger charge is -2.34. The van der Waals surface area contributed by atoms with Crippen molar-refractivity contribution in [3.8, 4) is 0 Å². The fourth-order valence-electron chi connectivity index (χ4n) is 3.13. The number of carbonyl (C=O) groups excluding carboxylic acids is 1. The predicted octanol–water partition coefficient (Wildman–Crippen LogP) is 2.41. The number of furan rings is 1. The molecule has 0 aliphatic carbocycles. The van der Waals surface area contributed by atoms with Gasteiger partial charge in [0.25, 0.3) is 0 Å². The molecule has 24 heavy (non-hydrogen) atoms. The number of alkyl halides is 3. The Kier molecular flexibility index (Phi) is 5.59. The molecule has 1 atom stereocenters. The fourth-order valence-corrected chi connectivity index (χ4v) is 3.13. The number of hydrogen-bond donors (Lipinski definition) is 1. The SMILES string of the molecule is CC(C)(O)C1CCCN1CC(=O)N(Cc1ccco1)CC(F)(F)F. The molecule has 1 saturated heterocycles. The van der Waals surface area contributed by atoms with E-state index >= 15 is 0 Å². The zero-order valence-corrected chi connectivity index (χ0v) is 13.8. The number of carbonyl (C=O) groups is 1. The third-order valence-corrected chi connectivity index (χ3v) is 4.17. The summed E-state index contributed by atoms with van der Waals surface area (Å²) in [7, 11) is 0. The summed E-state index contributed by atoms with van der Waals surface area (Å²) in [5.41, 5.74) is -1.01. The minimum Gasteiger partial charge on any atom is -0.467 e. The second kappa shape index (κ2) is 7.14. The van der Waals surface area contributed by atoms with E-state index in [1.165, 1.54) is 12.3 Å². The second-order valence-electron chi connectivity index (χ2n) is 6.73. The zero-order chi connectivity index (χ0) is 18.0. The Bertz CT molecular complexity index is 538. The third kappa shape index (κ3) is 5.24. The predicted molar refractivity (Wildman–Crippen MR) is 81.1 cm³/mol. The number of aliphatic hydroxyl groups is 1. The number of rotatable bonds is 6. The normalized spacial score (nSPS) is 19.7. The van der Waals surface area contributed by atoms with Crippen LogP contribution in [0.5, 0.6) is 0 Å². The van der Waals surface area contributed by atoms with Crippen molar-refractivity contribution in [1.29, 1.82) is 0 Å². The van der Waals surface area contributed by atoms with E-state index in [0.717, 1.165) is 11.3 Å². The van der Waals surface area contributed by atoms with Gasteiger partial charge in [0.05, 0.1) is 25.0 Å². The monoisotopic (exact) mass is 348 g/mol. The van der Waals surface area contributed by atoms with Gasteiger partial charge in [-0.3, -0.25) is 9.69 Å². The summed E-state index contributed by atoms with van der Waals surface area (Å²) in [5, 5.41) is 10.2. The first-order valence-corrected chi connectivity index (χ1v) is 7.89. The molecule has 1 aliphatic heterocycles. The minimum atomic E-state index is -4.48. The Morgan fingerprint density at radius 1 is 1.46 bits per heavy atom. The van der Waals surface area contributed by atoms with E-state index in [1.54, 1.807) is 24.8 Å². The molecule has 0 bridgehead atoms. The molecule has 0 radical (unpaired) electrons. The van der Waals surface area contributed by atoms with Gasteiger partial charge in [-0.2, -0.15) is 13.2 Å². The van der Waals surface area contributed by atoms with E-state index in [-0.39, 0.29) is 19.1 Å². The van der Waals surface area contributed by atoms with Gasteiger partial charge in [0, 0.05) is 6.04 Å². The van der Waals surface area contributed by atoms with E-state index < -0.39 is 24.2 Å². The van der Waals surface area contributed by atoms with Gasteiger partial charge >= 0.3 is 6.18 Å². The molecule has 8 heteroatoms. The van der Waals surface area contributed by atoms with Crippen molar-refractivity contribution in [2.45, 2.75) is 51.1 Å². The molecule has 1 fully saturated rings. The third-order valence-electron chi connectivity index (χ3n) is 4.17. The molecule has 0 spiro atoms. The quantitative estimate of drug-likeness (QED) is 0.858. The molecule has 1 aromatic rings. The van der Waals surface area contributed by atoms with Crippen LogP contribution in [0.1, 0.15) is 32.4 Å². The molecule has 1 unspecified atom stereocenters. The Morgan fingerprint density at radius 3 is 2.71 bits per heavy atom. The van der Waals surface area contributed by atoms with Crippen LogP contribution in [0.3, 0.4) is 0 Å². The van der Waals surface area contributed by atoms with Crippen LogP contribution in [-0.2, 0) is 11.3 Å². The van der Waals surface area contributed by atoms with E-state index in [4.69, 9.17) is 4.42 Å². The molecule has 0 saturated carbocycles. The van der Waals surface area contributed by atoms with Crippen molar-refractivity contribution >= 4 is 5.91 Å². The van der Waals surface area contributed by atoms with Crippen LogP contribution in [-0.4, -0.2) is 58.3 Å². The van der Waals surface area contributed by atoms with Crippen LogP contribution >= 0.6 is 0 Å².